The van der Waals surface area contributed by atoms with Gasteiger partial charge < -0.3 is 10.5 Å². The summed E-state index contributed by atoms with van der Waals surface area (Å²) in [5.41, 5.74) is 10.6. The molecule has 0 bridgehead atoms. The Bertz CT molecular complexity index is 634. The van der Waals surface area contributed by atoms with Crippen molar-refractivity contribution in [1.29, 1.82) is 0 Å². The number of fused-ring (bicyclic) bond motifs is 1. The van der Waals surface area contributed by atoms with Crippen LogP contribution < -0.4 is 5.73 Å². The Hall–Kier alpha value is -1.87. The summed E-state index contributed by atoms with van der Waals surface area (Å²) >= 11 is 0. The maximum absolute atomic E-state index is 6.32. The Balaban J connectivity index is 2.03. The first kappa shape index (κ1) is 12.2. The molecule has 2 N–H and O–H groups in total. The van der Waals surface area contributed by atoms with Crippen molar-refractivity contribution in [2.24, 2.45) is 5.73 Å². The molecule has 1 unspecified atom stereocenters. The van der Waals surface area contributed by atoms with Gasteiger partial charge in [-0.05, 0) is 43.0 Å². The van der Waals surface area contributed by atoms with E-state index in [-0.39, 0.29) is 6.04 Å². The SMILES string of the molecule is Cc1cc(C(N)C2=COCCC2)nc2ccccc12. The Morgan fingerprint density at radius 3 is 2.95 bits per heavy atom. The van der Waals surface area contributed by atoms with Crippen molar-refractivity contribution in [3.8, 4) is 0 Å². The zero-order valence-corrected chi connectivity index (χ0v) is 11.1. The van der Waals surface area contributed by atoms with Crippen molar-refractivity contribution in [3.05, 3.63) is 53.4 Å². The van der Waals surface area contributed by atoms with E-state index in [1.165, 1.54) is 10.9 Å². The number of nitrogens with two attached hydrogens (primary N) is 1. The lowest BCUT2D eigenvalue weighted by atomic mass is 9.98. The molecule has 98 valence electrons. The van der Waals surface area contributed by atoms with Crippen molar-refractivity contribution < 1.29 is 4.74 Å². The summed E-state index contributed by atoms with van der Waals surface area (Å²) in [5, 5.41) is 1.19. The number of ether oxygens (including phenoxy) is 1. The number of para-hydroxylation sites is 1. The smallest absolute Gasteiger partial charge is 0.0876 e. The number of aryl methyl sites for hydroxylation is 1. The van der Waals surface area contributed by atoms with E-state index in [0.29, 0.717) is 0 Å². The van der Waals surface area contributed by atoms with Crippen molar-refractivity contribution in [1.82, 2.24) is 4.98 Å². The molecule has 0 radical (unpaired) electrons. The van der Waals surface area contributed by atoms with Crippen LogP contribution in [-0.2, 0) is 4.74 Å². The van der Waals surface area contributed by atoms with Crippen molar-refractivity contribution in [2.75, 3.05) is 6.61 Å². The molecule has 0 saturated heterocycles. The fourth-order valence-corrected chi connectivity index (χ4v) is 2.54. The Morgan fingerprint density at radius 2 is 2.16 bits per heavy atom. The molecule has 2 heterocycles. The van der Waals surface area contributed by atoms with Gasteiger partial charge in [-0.2, -0.15) is 0 Å². The van der Waals surface area contributed by atoms with Crippen LogP contribution in [0.3, 0.4) is 0 Å². The van der Waals surface area contributed by atoms with Gasteiger partial charge in [-0.3, -0.25) is 4.98 Å². The van der Waals surface area contributed by atoms with Crippen LogP contribution in [0.2, 0.25) is 0 Å². The van der Waals surface area contributed by atoms with Gasteiger partial charge in [-0.15, -0.1) is 0 Å². The van der Waals surface area contributed by atoms with Crippen LogP contribution in [0.5, 0.6) is 0 Å². The number of hydrogen-bond acceptors (Lipinski definition) is 3. The predicted molar refractivity (Wildman–Crippen MR) is 76.7 cm³/mol. The topological polar surface area (TPSA) is 48.1 Å². The van der Waals surface area contributed by atoms with Gasteiger partial charge in [0.2, 0.25) is 0 Å². The van der Waals surface area contributed by atoms with Gasteiger partial charge in [0, 0.05) is 5.39 Å². The lowest BCUT2D eigenvalue weighted by Gasteiger charge is -2.20. The molecule has 1 aromatic carbocycles. The maximum Gasteiger partial charge on any atom is 0.0876 e. The summed E-state index contributed by atoms with van der Waals surface area (Å²) in [6, 6.07) is 10.1. The first-order valence-electron chi connectivity index (χ1n) is 6.68. The molecule has 1 atom stereocenters. The molecule has 1 aliphatic rings. The summed E-state index contributed by atoms with van der Waals surface area (Å²) in [5.74, 6) is 0. The number of pyridine rings is 1. The minimum absolute atomic E-state index is 0.163. The third kappa shape index (κ3) is 2.34. The Kier molecular flexibility index (Phi) is 3.22. The summed E-state index contributed by atoms with van der Waals surface area (Å²) in [6.07, 6.45) is 3.83. The molecule has 19 heavy (non-hydrogen) atoms. The summed E-state index contributed by atoms with van der Waals surface area (Å²) in [6.45, 7) is 2.90. The highest BCUT2D eigenvalue weighted by molar-refractivity contribution is 5.82. The van der Waals surface area contributed by atoms with Crippen LogP contribution in [0.25, 0.3) is 10.9 Å². The fourth-order valence-electron chi connectivity index (χ4n) is 2.54. The van der Waals surface area contributed by atoms with Crippen molar-refractivity contribution in [3.63, 3.8) is 0 Å². The van der Waals surface area contributed by atoms with E-state index in [2.05, 4.69) is 24.0 Å². The van der Waals surface area contributed by atoms with Crippen LogP contribution in [-0.4, -0.2) is 11.6 Å². The molecule has 0 fully saturated rings. The van der Waals surface area contributed by atoms with E-state index < -0.39 is 0 Å². The van der Waals surface area contributed by atoms with E-state index in [4.69, 9.17) is 10.5 Å². The molecule has 3 rings (SSSR count). The molecule has 1 aliphatic heterocycles. The van der Waals surface area contributed by atoms with E-state index in [9.17, 15) is 0 Å². The first-order valence-corrected chi connectivity index (χ1v) is 6.68. The second-order valence-electron chi connectivity index (χ2n) is 5.03. The van der Waals surface area contributed by atoms with Gasteiger partial charge in [0.05, 0.1) is 30.1 Å². The highest BCUT2D eigenvalue weighted by Crippen LogP contribution is 2.27. The second-order valence-corrected chi connectivity index (χ2v) is 5.03. The number of rotatable bonds is 2. The quantitative estimate of drug-likeness (QED) is 0.895. The van der Waals surface area contributed by atoms with Crippen molar-refractivity contribution in [2.45, 2.75) is 25.8 Å². The van der Waals surface area contributed by atoms with Gasteiger partial charge in [0.25, 0.3) is 0 Å². The van der Waals surface area contributed by atoms with E-state index in [1.54, 1.807) is 6.26 Å². The lowest BCUT2D eigenvalue weighted by molar-refractivity contribution is 0.221. The molecule has 0 amide bonds. The van der Waals surface area contributed by atoms with Gasteiger partial charge >= 0.3 is 0 Å². The van der Waals surface area contributed by atoms with E-state index in [1.807, 2.05) is 18.2 Å². The number of aromatic nitrogens is 1. The summed E-state index contributed by atoms with van der Waals surface area (Å²) in [4.78, 5) is 4.69. The average molecular weight is 254 g/mol. The van der Waals surface area contributed by atoms with E-state index in [0.717, 1.165) is 36.2 Å². The molecular weight excluding hydrogens is 236 g/mol. The van der Waals surface area contributed by atoms with Crippen molar-refractivity contribution >= 4 is 10.9 Å². The van der Waals surface area contributed by atoms with Gasteiger partial charge in [0.15, 0.2) is 0 Å². The third-order valence-corrected chi connectivity index (χ3v) is 3.62. The van der Waals surface area contributed by atoms with Crippen LogP contribution >= 0.6 is 0 Å². The maximum atomic E-state index is 6.32. The summed E-state index contributed by atoms with van der Waals surface area (Å²) in [7, 11) is 0. The monoisotopic (exact) mass is 254 g/mol. The van der Waals surface area contributed by atoms with Gasteiger partial charge in [-0.1, -0.05) is 18.2 Å². The highest BCUT2D eigenvalue weighted by atomic mass is 16.5. The highest BCUT2D eigenvalue weighted by Gasteiger charge is 2.17. The number of nitrogens with zero attached hydrogens (tertiary/aromatic N) is 1. The van der Waals surface area contributed by atoms with Gasteiger partial charge in [-0.25, -0.2) is 0 Å². The molecular formula is C16H18N2O. The normalized spacial score (nSPS) is 16.8. The second kappa shape index (κ2) is 5.02. The van der Waals surface area contributed by atoms with E-state index >= 15 is 0 Å². The average Bonchev–Trinajstić information content (AvgIpc) is 2.47. The minimum Gasteiger partial charge on any atom is -0.501 e. The molecule has 0 saturated carbocycles. The molecule has 3 heteroatoms. The molecule has 1 aromatic heterocycles. The standard InChI is InChI=1S/C16H18N2O/c1-11-9-15(16(17)12-5-4-8-19-10-12)18-14-7-3-2-6-13(11)14/h2-3,6-7,9-10,16H,4-5,8,17H2,1H3. The molecule has 3 nitrogen and oxygen atoms in total. The zero-order chi connectivity index (χ0) is 13.2. The zero-order valence-electron chi connectivity index (χ0n) is 11.1. The third-order valence-electron chi connectivity index (χ3n) is 3.62. The molecule has 2 aromatic rings. The van der Waals surface area contributed by atoms with Gasteiger partial charge in [0.1, 0.15) is 0 Å². The number of hydrogen-bond donors (Lipinski definition) is 1. The fraction of sp³-hybridized carbons (Fsp3) is 0.312. The Labute approximate surface area is 113 Å². The minimum atomic E-state index is -0.163. The molecule has 0 aliphatic carbocycles. The van der Waals surface area contributed by atoms with Crippen LogP contribution in [0, 0.1) is 6.92 Å². The first-order chi connectivity index (χ1) is 9.25. The van der Waals surface area contributed by atoms with Crippen LogP contribution in [0.15, 0.2) is 42.2 Å². The van der Waals surface area contributed by atoms with Crippen LogP contribution in [0.4, 0.5) is 0 Å². The Morgan fingerprint density at radius 1 is 1.32 bits per heavy atom. The largest absolute Gasteiger partial charge is 0.501 e. The predicted octanol–water partition coefficient (Wildman–Crippen LogP) is 3.24. The molecule has 0 spiro atoms. The van der Waals surface area contributed by atoms with Crippen LogP contribution in [0.1, 0.15) is 30.1 Å². The summed E-state index contributed by atoms with van der Waals surface area (Å²) < 4.78 is 5.37. The number of benzene rings is 1. The lowest BCUT2D eigenvalue weighted by Crippen LogP contribution is -2.17.